The maximum absolute atomic E-state index is 13.1. The fourth-order valence-corrected chi connectivity index (χ4v) is 3.76. The fourth-order valence-electron chi connectivity index (χ4n) is 1.64. The summed E-state index contributed by atoms with van der Waals surface area (Å²) in [6.45, 7) is 0. The molecule has 4 nitrogen and oxygen atoms in total. The number of ether oxygens (including phenoxy) is 1. The Bertz CT molecular complexity index is 781. The van der Waals surface area contributed by atoms with E-state index in [-0.39, 0.29) is 20.8 Å². The molecule has 0 heterocycles. The maximum atomic E-state index is 13.1. The minimum Gasteiger partial charge on any atom is -0.494 e. The molecule has 112 valence electrons. The lowest BCUT2D eigenvalue weighted by Crippen LogP contribution is -2.14. The van der Waals surface area contributed by atoms with E-state index in [2.05, 4.69) is 20.7 Å². The molecule has 0 saturated carbocycles. The molecule has 0 unspecified atom stereocenters. The highest BCUT2D eigenvalue weighted by Gasteiger charge is 2.20. The smallest absolute Gasteiger partial charge is 0.263 e. The van der Waals surface area contributed by atoms with Gasteiger partial charge in [-0.15, -0.1) is 0 Å². The molecule has 0 amide bonds. The van der Waals surface area contributed by atoms with Crippen LogP contribution in [0.4, 0.5) is 14.5 Å². The monoisotopic (exact) mass is 377 g/mol. The second-order valence-electron chi connectivity index (χ2n) is 4.02. The summed E-state index contributed by atoms with van der Waals surface area (Å²) in [5.74, 6) is -1.09. The highest BCUT2D eigenvalue weighted by atomic mass is 79.9. The van der Waals surface area contributed by atoms with Gasteiger partial charge in [0.25, 0.3) is 10.0 Å². The van der Waals surface area contributed by atoms with Crippen molar-refractivity contribution in [2.75, 3.05) is 11.8 Å². The number of hydrogen-bond donors (Lipinski definition) is 1. The van der Waals surface area contributed by atoms with Crippen LogP contribution in [0.15, 0.2) is 45.8 Å². The molecule has 0 saturated heterocycles. The molecular weight excluding hydrogens is 368 g/mol. The Hall–Kier alpha value is -1.67. The topological polar surface area (TPSA) is 55.4 Å². The van der Waals surface area contributed by atoms with Gasteiger partial charge in [0.15, 0.2) is 0 Å². The molecule has 0 aliphatic heterocycles. The molecule has 0 spiro atoms. The molecule has 2 rings (SSSR count). The number of halogens is 3. The van der Waals surface area contributed by atoms with Crippen LogP contribution in [0.5, 0.6) is 5.75 Å². The molecule has 2 aromatic rings. The maximum Gasteiger partial charge on any atom is 0.263 e. The lowest BCUT2D eigenvalue weighted by atomic mass is 10.3. The molecule has 0 fully saturated rings. The Morgan fingerprint density at radius 2 is 1.71 bits per heavy atom. The Balaban J connectivity index is 2.42. The van der Waals surface area contributed by atoms with E-state index in [0.717, 1.165) is 30.3 Å². The quantitative estimate of drug-likeness (QED) is 0.886. The zero-order valence-electron chi connectivity index (χ0n) is 10.7. The number of hydrogen-bond acceptors (Lipinski definition) is 3. The Morgan fingerprint density at radius 1 is 1.10 bits per heavy atom. The largest absolute Gasteiger partial charge is 0.494 e. The van der Waals surface area contributed by atoms with Crippen LogP contribution in [-0.4, -0.2) is 15.5 Å². The van der Waals surface area contributed by atoms with Gasteiger partial charge in [-0.1, -0.05) is 0 Å². The van der Waals surface area contributed by atoms with Crippen LogP contribution < -0.4 is 9.46 Å². The van der Waals surface area contributed by atoms with E-state index in [1.807, 2.05) is 0 Å². The fraction of sp³-hybridized carbons (Fsp3) is 0.0769. The van der Waals surface area contributed by atoms with Gasteiger partial charge in [0.05, 0.1) is 12.8 Å². The van der Waals surface area contributed by atoms with Crippen LogP contribution >= 0.6 is 15.9 Å². The number of rotatable bonds is 4. The van der Waals surface area contributed by atoms with Gasteiger partial charge >= 0.3 is 0 Å². The average molecular weight is 378 g/mol. The van der Waals surface area contributed by atoms with Gasteiger partial charge in [-0.2, -0.15) is 0 Å². The van der Waals surface area contributed by atoms with Crippen molar-refractivity contribution in [3.8, 4) is 5.75 Å². The number of benzene rings is 2. The molecule has 8 heteroatoms. The third-order valence-electron chi connectivity index (χ3n) is 2.59. The van der Waals surface area contributed by atoms with Crippen LogP contribution in [0, 0.1) is 11.6 Å². The average Bonchev–Trinajstić information content (AvgIpc) is 2.40. The third-order valence-corrected chi connectivity index (χ3v) is 4.93. The summed E-state index contributed by atoms with van der Waals surface area (Å²) in [6, 6.07) is 6.58. The summed E-state index contributed by atoms with van der Waals surface area (Å²) in [5, 5.41) is 0. The summed E-state index contributed by atoms with van der Waals surface area (Å²) in [7, 11) is -2.68. The predicted molar refractivity (Wildman–Crippen MR) is 77.9 cm³/mol. The van der Waals surface area contributed by atoms with E-state index in [1.54, 1.807) is 0 Å². The lowest BCUT2D eigenvalue weighted by Gasteiger charge is -2.12. The van der Waals surface area contributed by atoms with Crippen molar-refractivity contribution < 1.29 is 21.9 Å². The van der Waals surface area contributed by atoms with Gasteiger partial charge in [-0.25, -0.2) is 17.2 Å². The summed E-state index contributed by atoms with van der Waals surface area (Å²) < 4.78 is 57.9. The van der Waals surface area contributed by atoms with Crippen molar-refractivity contribution in [2.24, 2.45) is 0 Å². The van der Waals surface area contributed by atoms with Crippen LogP contribution in [0.2, 0.25) is 0 Å². The minimum absolute atomic E-state index is 0.0387. The molecule has 0 radical (unpaired) electrons. The van der Waals surface area contributed by atoms with Crippen molar-refractivity contribution in [3.63, 3.8) is 0 Å². The first-order chi connectivity index (χ1) is 9.83. The molecular formula is C13H10BrF2NO3S. The van der Waals surface area contributed by atoms with E-state index in [1.165, 1.54) is 13.2 Å². The standard InChI is InChI=1S/C13H10BrF2NO3S/c1-20-12-7-9(16)2-4-11(12)17-21(18,19)13-5-3-8(15)6-10(13)14/h2-7,17H,1H3. The zero-order chi connectivity index (χ0) is 15.6. The van der Waals surface area contributed by atoms with Gasteiger partial charge in [0.1, 0.15) is 22.3 Å². The molecule has 0 atom stereocenters. The van der Waals surface area contributed by atoms with Crippen LogP contribution in [0.1, 0.15) is 0 Å². The van der Waals surface area contributed by atoms with Gasteiger partial charge in [0.2, 0.25) is 0 Å². The highest BCUT2D eigenvalue weighted by molar-refractivity contribution is 9.10. The first-order valence-corrected chi connectivity index (χ1v) is 7.92. The van der Waals surface area contributed by atoms with Crippen molar-refractivity contribution >= 4 is 31.6 Å². The number of sulfonamides is 1. The Kier molecular flexibility index (Phi) is 4.48. The second kappa shape index (κ2) is 5.98. The number of methoxy groups -OCH3 is 1. The molecule has 2 aromatic carbocycles. The SMILES string of the molecule is COc1cc(F)ccc1NS(=O)(=O)c1ccc(F)cc1Br. The van der Waals surface area contributed by atoms with E-state index in [0.29, 0.717) is 0 Å². The molecule has 0 bridgehead atoms. The minimum atomic E-state index is -3.97. The van der Waals surface area contributed by atoms with Gasteiger partial charge < -0.3 is 4.74 Å². The Morgan fingerprint density at radius 3 is 2.33 bits per heavy atom. The van der Waals surface area contributed by atoms with Crippen LogP contribution in [0.3, 0.4) is 0 Å². The van der Waals surface area contributed by atoms with Crippen molar-refractivity contribution in [2.45, 2.75) is 4.90 Å². The zero-order valence-corrected chi connectivity index (χ0v) is 13.1. The summed E-state index contributed by atoms with van der Waals surface area (Å²) in [5.41, 5.74) is 0.0788. The first-order valence-electron chi connectivity index (χ1n) is 5.65. The van der Waals surface area contributed by atoms with Crippen molar-refractivity contribution in [3.05, 3.63) is 52.5 Å². The van der Waals surface area contributed by atoms with Gasteiger partial charge in [-0.3, -0.25) is 4.72 Å². The van der Waals surface area contributed by atoms with Crippen LogP contribution in [-0.2, 0) is 10.0 Å². The van der Waals surface area contributed by atoms with Crippen molar-refractivity contribution in [1.82, 2.24) is 0 Å². The lowest BCUT2D eigenvalue weighted by molar-refractivity contribution is 0.413. The summed E-state index contributed by atoms with van der Waals surface area (Å²) in [4.78, 5) is -0.143. The molecule has 1 N–H and O–H groups in total. The molecule has 0 aliphatic rings. The number of anilines is 1. The van der Waals surface area contributed by atoms with Gasteiger partial charge in [-0.05, 0) is 46.3 Å². The van der Waals surface area contributed by atoms with Gasteiger partial charge in [0, 0.05) is 10.5 Å². The normalized spacial score (nSPS) is 11.2. The predicted octanol–water partition coefficient (Wildman–Crippen LogP) is 3.54. The third kappa shape index (κ3) is 3.51. The number of nitrogens with one attached hydrogen (secondary N) is 1. The van der Waals surface area contributed by atoms with E-state index in [9.17, 15) is 17.2 Å². The molecule has 0 aliphatic carbocycles. The summed E-state index contributed by atoms with van der Waals surface area (Å²) in [6.07, 6.45) is 0. The van der Waals surface area contributed by atoms with E-state index < -0.39 is 21.7 Å². The van der Waals surface area contributed by atoms with E-state index >= 15 is 0 Å². The second-order valence-corrected chi connectivity index (χ2v) is 6.53. The molecule has 21 heavy (non-hydrogen) atoms. The first kappa shape index (κ1) is 15.7. The Labute approximate surface area is 128 Å². The molecule has 0 aromatic heterocycles. The highest BCUT2D eigenvalue weighted by Crippen LogP contribution is 2.30. The van der Waals surface area contributed by atoms with Crippen molar-refractivity contribution in [1.29, 1.82) is 0 Å². The summed E-state index contributed by atoms with van der Waals surface area (Å²) >= 11 is 2.99. The van der Waals surface area contributed by atoms with Crippen LogP contribution in [0.25, 0.3) is 0 Å². The van der Waals surface area contributed by atoms with E-state index in [4.69, 9.17) is 4.74 Å².